The van der Waals surface area contributed by atoms with Crippen LogP contribution in [-0.2, 0) is 23.7 Å². The highest BCUT2D eigenvalue weighted by molar-refractivity contribution is 5.88. The molecular formula is C14H20O5. The molecule has 106 valence electrons. The van der Waals surface area contributed by atoms with Crippen molar-refractivity contribution in [3.8, 4) is 11.8 Å². The Morgan fingerprint density at radius 3 is 2.37 bits per heavy atom. The number of carbonyl (C=O) groups excluding carboxylic acids is 1. The fourth-order valence-electron chi connectivity index (χ4n) is 2.41. The molecule has 5 heteroatoms. The van der Waals surface area contributed by atoms with Crippen LogP contribution in [-0.4, -0.2) is 38.4 Å². The summed E-state index contributed by atoms with van der Waals surface area (Å²) < 4.78 is 22.0. The van der Waals surface area contributed by atoms with Crippen LogP contribution in [0.1, 0.15) is 33.1 Å². The van der Waals surface area contributed by atoms with Crippen molar-refractivity contribution in [1.29, 1.82) is 0 Å². The highest BCUT2D eigenvalue weighted by atomic mass is 16.9. The molecule has 0 unspecified atom stereocenters. The largest absolute Gasteiger partial charge is 0.456 e. The summed E-state index contributed by atoms with van der Waals surface area (Å²) in [6.45, 7) is 5.83. The second-order valence-electron chi connectivity index (χ2n) is 5.06. The van der Waals surface area contributed by atoms with Gasteiger partial charge in [0.2, 0.25) is 0 Å². The van der Waals surface area contributed by atoms with E-state index in [0.717, 1.165) is 12.8 Å². The van der Waals surface area contributed by atoms with Crippen molar-refractivity contribution in [1.82, 2.24) is 0 Å². The second kappa shape index (κ2) is 5.91. The van der Waals surface area contributed by atoms with Gasteiger partial charge in [-0.05, 0) is 13.3 Å². The van der Waals surface area contributed by atoms with E-state index in [1.165, 1.54) is 0 Å². The van der Waals surface area contributed by atoms with Crippen LogP contribution in [0, 0.1) is 17.3 Å². The van der Waals surface area contributed by atoms with E-state index in [2.05, 4.69) is 18.8 Å². The summed E-state index contributed by atoms with van der Waals surface area (Å²) in [5.74, 6) is 3.23. The first-order valence-electron chi connectivity index (χ1n) is 6.65. The number of esters is 1. The van der Waals surface area contributed by atoms with Crippen LogP contribution in [0.2, 0.25) is 0 Å². The maximum atomic E-state index is 11.1. The summed E-state index contributed by atoms with van der Waals surface area (Å²) >= 11 is 0. The molecule has 2 bridgehead atoms. The molecule has 3 aliphatic rings. The average molecular weight is 268 g/mol. The molecular weight excluding hydrogens is 248 g/mol. The third kappa shape index (κ3) is 3.27. The SMILES string of the molecule is CC#CC(=O)OCCC12OCC(CCC)(CO1)CO2. The molecule has 3 heterocycles. The molecule has 3 fully saturated rings. The summed E-state index contributed by atoms with van der Waals surface area (Å²) in [6, 6.07) is 0. The third-order valence-corrected chi connectivity index (χ3v) is 3.44. The summed E-state index contributed by atoms with van der Waals surface area (Å²) in [7, 11) is 0. The van der Waals surface area contributed by atoms with E-state index < -0.39 is 11.9 Å². The van der Waals surface area contributed by atoms with Crippen molar-refractivity contribution in [2.75, 3.05) is 26.4 Å². The molecule has 3 rings (SSSR count). The molecule has 3 aliphatic heterocycles. The maximum Gasteiger partial charge on any atom is 0.384 e. The molecule has 0 aromatic heterocycles. The number of fused-ring (bicyclic) bond motifs is 3. The van der Waals surface area contributed by atoms with Crippen molar-refractivity contribution in [2.24, 2.45) is 5.41 Å². The van der Waals surface area contributed by atoms with Crippen molar-refractivity contribution >= 4 is 5.97 Å². The van der Waals surface area contributed by atoms with Crippen LogP contribution in [0.25, 0.3) is 0 Å². The van der Waals surface area contributed by atoms with E-state index in [9.17, 15) is 4.79 Å². The Bertz CT molecular complexity index is 368. The van der Waals surface area contributed by atoms with Gasteiger partial charge in [0.15, 0.2) is 0 Å². The molecule has 19 heavy (non-hydrogen) atoms. The lowest BCUT2D eigenvalue weighted by Gasteiger charge is -2.51. The van der Waals surface area contributed by atoms with Gasteiger partial charge in [0, 0.05) is 11.3 Å². The van der Waals surface area contributed by atoms with Gasteiger partial charge in [-0.2, -0.15) is 0 Å². The fraction of sp³-hybridized carbons (Fsp3) is 0.786. The van der Waals surface area contributed by atoms with Crippen LogP contribution in [0.3, 0.4) is 0 Å². The molecule has 0 aromatic rings. The summed E-state index contributed by atoms with van der Waals surface area (Å²) in [6.07, 6.45) is 2.48. The highest BCUT2D eigenvalue weighted by Crippen LogP contribution is 2.42. The molecule has 0 N–H and O–H groups in total. The minimum absolute atomic E-state index is 0.000856. The van der Waals surface area contributed by atoms with Crippen molar-refractivity contribution in [3.63, 3.8) is 0 Å². The number of hydrogen-bond acceptors (Lipinski definition) is 5. The van der Waals surface area contributed by atoms with Gasteiger partial charge in [-0.1, -0.05) is 19.3 Å². The zero-order valence-electron chi connectivity index (χ0n) is 11.5. The zero-order valence-corrected chi connectivity index (χ0v) is 11.5. The van der Waals surface area contributed by atoms with Gasteiger partial charge in [0.05, 0.1) is 26.2 Å². The van der Waals surface area contributed by atoms with Gasteiger partial charge in [-0.3, -0.25) is 0 Å². The van der Waals surface area contributed by atoms with Crippen molar-refractivity contribution in [3.05, 3.63) is 0 Å². The second-order valence-corrected chi connectivity index (χ2v) is 5.06. The predicted octanol–water partition coefficient (Wildman–Crippen LogP) is 1.46. The van der Waals surface area contributed by atoms with E-state index in [1.54, 1.807) is 6.92 Å². The number of hydrogen-bond donors (Lipinski definition) is 0. The van der Waals surface area contributed by atoms with Gasteiger partial charge in [-0.15, -0.1) is 0 Å². The Morgan fingerprint density at radius 2 is 1.84 bits per heavy atom. The topological polar surface area (TPSA) is 54.0 Å². The summed E-state index contributed by atoms with van der Waals surface area (Å²) in [5, 5.41) is 0. The van der Waals surface area contributed by atoms with Gasteiger partial charge in [-0.25, -0.2) is 4.79 Å². The smallest absolute Gasteiger partial charge is 0.384 e. The quantitative estimate of drug-likeness (QED) is 0.429. The van der Waals surface area contributed by atoms with E-state index in [4.69, 9.17) is 18.9 Å². The zero-order chi connectivity index (χ0) is 13.8. The maximum absolute atomic E-state index is 11.1. The first kappa shape index (κ1) is 14.3. The van der Waals surface area contributed by atoms with E-state index in [-0.39, 0.29) is 12.0 Å². The Labute approximate surface area is 113 Å². The van der Waals surface area contributed by atoms with Gasteiger partial charge in [0.25, 0.3) is 5.97 Å². The van der Waals surface area contributed by atoms with Gasteiger partial charge >= 0.3 is 5.97 Å². The van der Waals surface area contributed by atoms with Gasteiger partial charge in [0.1, 0.15) is 6.61 Å². The Hall–Kier alpha value is -1.09. The molecule has 5 nitrogen and oxygen atoms in total. The normalized spacial score (nSPS) is 32.5. The summed E-state index contributed by atoms with van der Waals surface area (Å²) in [5.41, 5.74) is 0.000856. The number of rotatable bonds is 5. The van der Waals surface area contributed by atoms with Crippen LogP contribution in [0.5, 0.6) is 0 Å². The third-order valence-electron chi connectivity index (χ3n) is 3.44. The lowest BCUT2D eigenvalue weighted by atomic mass is 9.84. The molecule has 3 saturated heterocycles. The summed E-state index contributed by atoms with van der Waals surface area (Å²) in [4.78, 5) is 11.1. The monoisotopic (exact) mass is 268 g/mol. The molecule has 0 amide bonds. The molecule has 0 aromatic carbocycles. The van der Waals surface area contributed by atoms with Crippen LogP contribution >= 0.6 is 0 Å². The first-order valence-corrected chi connectivity index (χ1v) is 6.65. The lowest BCUT2D eigenvalue weighted by Crippen LogP contribution is -2.60. The molecule has 0 saturated carbocycles. The van der Waals surface area contributed by atoms with Crippen molar-refractivity contribution in [2.45, 2.75) is 39.1 Å². The lowest BCUT2D eigenvalue weighted by molar-refractivity contribution is -0.471. The van der Waals surface area contributed by atoms with E-state index in [0.29, 0.717) is 26.2 Å². The molecule has 0 atom stereocenters. The number of ether oxygens (including phenoxy) is 4. The standard InChI is InChI=1S/C14H20O5/c1-3-5-12(15)16-8-7-14-17-9-13(6-4-2,10-18-14)11-19-14/h4,6-11H2,1-2H3. The average Bonchev–Trinajstić information content (AvgIpc) is 2.41. The predicted molar refractivity (Wildman–Crippen MR) is 67.0 cm³/mol. The Balaban J connectivity index is 1.80. The minimum Gasteiger partial charge on any atom is -0.456 e. The molecule has 0 radical (unpaired) electrons. The van der Waals surface area contributed by atoms with E-state index >= 15 is 0 Å². The van der Waals surface area contributed by atoms with Crippen LogP contribution in [0.15, 0.2) is 0 Å². The van der Waals surface area contributed by atoms with Gasteiger partial charge < -0.3 is 18.9 Å². The number of carbonyl (C=O) groups is 1. The fourth-order valence-corrected chi connectivity index (χ4v) is 2.41. The highest BCUT2D eigenvalue weighted by Gasteiger charge is 2.51. The minimum atomic E-state index is -1.03. The van der Waals surface area contributed by atoms with E-state index in [1.807, 2.05) is 0 Å². The molecule has 0 spiro atoms. The Morgan fingerprint density at radius 1 is 1.21 bits per heavy atom. The first-order chi connectivity index (χ1) is 9.14. The van der Waals surface area contributed by atoms with Crippen molar-refractivity contribution < 1.29 is 23.7 Å². The Kier molecular flexibility index (Phi) is 4.46. The van der Waals surface area contributed by atoms with Crippen LogP contribution in [0.4, 0.5) is 0 Å². The van der Waals surface area contributed by atoms with Crippen LogP contribution < -0.4 is 0 Å². The molecule has 0 aliphatic carbocycles.